The third kappa shape index (κ3) is 3.74. The highest BCUT2D eigenvalue weighted by Crippen LogP contribution is 2.07. The number of carbonyl (C=O) groups is 1. The number of pyridine rings is 1. The molecule has 122 valence electrons. The summed E-state index contributed by atoms with van der Waals surface area (Å²) in [5.41, 5.74) is 0.548. The van der Waals surface area contributed by atoms with Gasteiger partial charge in [-0.3, -0.25) is 14.2 Å². The van der Waals surface area contributed by atoms with E-state index >= 15 is 0 Å². The normalized spacial score (nSPS) is 11.8. The van der Waals surface area contributed by atoms with Gasteiger partial charge in [0.05, 0.1) is 12.4 Å². The quantitative estimate of drug-likeness (QED) is 0.905. The summed E-state index contributed by atoms with van der Waals surface area (Å²) in [6.45, 7) is 4.06. The lowest BCUT2D eigenvalue weighted by molar-refractivity contribution is 0.0821. The van der Waals surface area contributed by atoms with Gasteiger partial charge in [0.25, 0.3) is 11.5 Å². The second-order valence-electron chi connectivity index (χ2n) is 5.51. The highest BCUT2D eigenvalue weighted by Gasteiger charge is 2.12. The summed E-state index contributed by atoms with van der Waals surface area (Å²) >= 11 is 0. The van der Waals surface area contributed by atoms with Gasteiger partial charge in [0.2, 0.25) is 0 Å². The molecular weight excluding hydrogens is 294 g/mol. The van der Waals surface area contributed by atoms with Gasteiger partial charge in [-0.15, -0.1) is 0 Å². The summed E-state index contributed by atoms with van der Waals surface area (Å²) in [5.74, 6) is 0.140. The smallest absolute Gasteiger partial charge is 0.279 e. The van der Waals surface area contributed by atoms with Gasteiger partial charge in [-0.2, -0.15) is 0 Å². The van der Waals surface area contributed by atoms with Crippen molar-refractivity contribution in [2.45, 2.75) is 26.3 Å². The van der Waals surface area contributed by atoms with Crippen LogP contribution in [0.25, 0.3) is 5.82 Å². The Morgan fingerprint density at radius 1 is 1.35 bits per heavy atom. The Morgan fingerprint density at radius 3 is 2.65 bits per heavy atom. The zero-order valence-corrected chi connectivity index (χ0v) is 13.8. The van der Waals surface area contributed by atoms with Crippen molar-refractivity contribution in [2.75, 3.05) is 19.4 Å². The van der Waals surface area contributed by atoms with E-state index in [9.17, 15) is 9.59 Å². The first-order chi connectivity index (χ1) is 10.9. The summed E-state index contributed by atoms with van der Waals surface area (Å²) < 4.78 is 1.40. The van der Waals surface area contributed by atoms with Crippen molar-refractivity contribution in [3.05, 3.63) is 46.8 Å². The fourth-order valence-electron chi connectivity index (χ4n) is 1.94. The number of amides is 1. The third-order valence-corrected chi connectivity index (χ3v) is 3.47. The van der Waals surface area contributed by atoms with Crippen LogP contribution in [-0.2, 0) is 0 Å². The molecule has 0 aromatic carbocycles. The maximum atomic E-state index is 12.5. The van der Waals surface area contributed by atoms with Crippen LogP contribution in [0.15, 0.2) is 35.5 Å². The Hall–Kier alpha value is -2.70. The van der Waals surface area contributed by atoms with E-state index in [1.165, 1.54) is 21.9 Å². The summed E-state index contributed by atoms with van der Waals surface area (Å²) in [4.78, 5) is 34.0. The second-order valence-corrected chi connectivity index (χ2v) is 5.51. The largest absolute Gasteiger partial charge is 0.378 e. The van der Waals surface area contributed by atoms with Crippen molar-refractivity contribution in [2.24, 2.45) is 0 Å². The minimum atomic E-state index is -0.233. The Labute approximate surface area is 135 Å². The fraction of sp³-hybridized carbons (Fsp3) is 0.375. The number of rotatable bonds is 5. The molecule has 0 aliphatic rings. The standard InChI is InChI=1S/C16H21N5O2/c1-5-11(2)19-12-7-6-8-21(16(12)23)14-10-17-13(9-18-14)15(22)20(3)4/h6-11,19H,5H2,1-4H3. The molecule has 0 aliphatic heterocycles. The van der Waals surface area contributed by atoms with Crippen molar-refractivity contribution in [3.8, 4) is 5.82 Å². The van der Waals surface area contributed by atoms with Gasteiger partial charge in [0, 0.05) is 26.3 Å². The molecule has 0 bridgehead atoms. The molecule has 0 fully saturated rings. The number of hydrogen-bond donors (Lipinski definition) is 1. The fourth-order valence-corrected chi connectivity index (χ4v) is 1.94. The first-order valence-electron chi connectivity index (χ1n) is 7.46. The highest BCUT2D eigenvalue weighted by atomic mass is 16.2. The maximum Gasteiger partial charge on any atom is 0.279 e. The molecule has 0 spiro atoms. The van der Waals surface area contributed by atoms with E-state index in [0.717, 1.165) is 6.42 Å². The van der Waals surface area contributed by atoms with Crippen molar-refractivity contribution in [1.29, 1.82) is 0 Å². The summed E-state index contributed by atoms with van der Waals surface area (Å²) in [6.07, 6.45) is 5.33. The molecule has 2 aromatic heterocycles. The lowest BCUT2D eigenvalue weighted by Gasteiger charge is -2.14. The van der Waals surface area contributed by atoms with Crippen LogP contribution in [0.2, 0.25) is 0 Å². The van der Waals surface area contributed by atoms with E-state index in [2.05, 4.69) is 15.3 Å². The molecule has 1 amide bonds. The third-order valence-electron chi connectivity index (χ3n) is 3.47. The number of anilines is 1. The van der Waals surface area contributed by atoms with E-state index in [-0.39, 0.29) is 23.2 Å². The molecule has 2 aromatic rings. The van der Waals surface area contributed by atoms with Gasteiger partial charge >= 0.3 is 0 Å². The van der Waals surface area contributed by atoms with E-state index < -0.39 is 0 Å². The molecule has 2 heterocycles. The monoisotopic (exact) mass is 315 g/mol. The van der Waals surface area contributed by atoms with Crippen LogP contribution in [0.1, 0.15) is 30.8 Å². The van der Waals surface area contributed by atoms with E-state index in [4.69, 9.17) is 0 Å². The van der Waals surface area contributed by atoms with Crippen molar-refractivity contribution < 1.29 is 4.79 Å². The SMILES string of the molecule is CCC(C)Nc1cccn(-c2cnc(C(=O)N(C)C)cn2)c1=O. The van der Waals surface area contributed by atoms with Gasteiger partial charge in [-0.1, -0.05) is 6.92 Å². The molecule has 23 heavy (non-hydrogen) atoms. The topological polar surface area (TPSA) is 80.1 Å². The van der Waals surface area contributed by atoms with Gasteiger partial charge < -0.3 is 10.2 Å². The number of hydrogen-bond acceptors (Lipinski definition) is 5. The molecule has 7 nitrogen and oxygen atoms in total. The predicted octanol–water partition coefficient (Wildman–Crippen LogP) is 1.54. The summed E-state index contributed by atoms with van der Waals surface area (Å²) in [6, 6.07) is 3.71. The van der Waals surface area contributed by atoms with Crippen LogP contribution < -0.4 is 10.9 Å². The second kappa shape index (κ2) is 7.04. The lowest BCUT2D eigenvalue weighted by atomic mass is 10.2. The molecule has 0 saturated heterocycles. The first kappa shape index (κ1) is 16.7. The average molecular weight is 315 g/mol. The Morgan fingerprint density at radius 2 is 2.09 bits per heavy atom. The van der Waals surface area contributed by atoms with Crippen LogP contribution in [0.4, 0.5) is 5.69 Å². The van der Waals surface area contributed by atoms with E-state index in [0.29, 0.717) is 11.5 Å². The van der Waals surface area contributed by atoms with Crippen LogP contribution >= 0.6 is 0 Å². The number of nitrogens with one attached hydrogen (secondary N) is 1. The Kier molecular flexibility index (Phi) is 5.10. The molecule has 0 radical (unpaired) electrons. The van der Waals surface area contributed by atoms with Crippen LogP contribution in [0, 0.1) is 0 Å². The van der Waals surface area contributed by atoms with Crippen LogP contribution in [0.5, 0.6) is 0 Å². The Balaban J connectivity index is 2.34. The van der Waals surface area contributed by atoms with Gasteiger partial charge in [-0.25, -0.2) is 9.97 Å². The number of nitrogens with zero attached hydrogens (tertiary/aromatic N) is 4. The zero-order chi connectivity index (χ0) is 17.0. The van der Waals surface area contributed by atoms with Crippen molar-refractivity contribution >= 4 is 11.6 Å². The molecule has 2 rings (SSSR count). The van der Waals surface area contributed by atoms with Crippen LogP contribution in [0.3, 0.4) is 0 Å². The minimum Gasteiger partial charge on any atom is -0.378 e. The molecule has 0 saturated carbocycles. The van der Waals surface area contributed by atoms with E-state index in [1.54, 1.807) is 32.4 Å². The van der Waals surface area contributed by atoms with Crippen molar-refractivity contribution in [3.63, 3.8) is 0 Å². The lowest BCUT2D eigenvalue weighted by Crippen LogP contribution is -2.26. The zero-order valence-electron chi connectivity index (χ0n) is 13.8. The number of carbonyl (C=O) groups excluding carboxylic acids is 1. The first-order valence-corrected chi connectivity index (χ1v) is 7.46. The summed E-state index contributed by atoms with van der Waals surface area (Å²) in [7, 11) is 3.29. The van der Waals surface area contributed by atoms with Crippen LogP contribution in [-0.4, -0.2) is 45.5 Å². The van der Waals surface area contributed by atoms with Crippen molar-refractivity contribution in [1.82, 2.24) is 19.4 Å². The average Bonchev–Trinajstić information content (AvgIpc) is 2.56. The minimum absolute atomic E-state index is 0.199. The molecule has 1 atom stereocenters. The highest BCUT2D eigenvalue weighted by molar-refractivity contribution is 5.91. The van der Waals surface area contributed by atoms with E-state index in [1.807, 2.05) is 13.8 Å². The Bertz CT molecular complexity index is 737. The molecule has 1 N–H and O–H groups in total. The van der Waals surface area contributed by atoms with Gasteiger partial charge in [-0.05, 0) is 25.5 Å². The predicted molar refractivity (Wildman–Crippen MR) is 89.0 cm³/mol. The molecule has 1 unspecified atom stereocenters. The van der Waals surface area contributed by atoms with Gasteiger partial charge in [0.15, 0.2) is 5.82 Å². The maximum absolute atomic E-state index is 12.5. The molecular formula is C16H21N5O2. The molecule has 0 aliphatic carbocycles. The number of aromatic nitrogens is 3. The molecule has 7 heteroatoms. The summed E-state index contributed by atoms with van der Waals surface area (Å²) in [5, 5.41) is 3.17. The van der Waals surface area contributed by atoms with Gasteiger partial charge in [0.1, 0.15) is 11.4 Å².